The molecule has 1 heterocycles. The van der Waals surface area contributed by atoms with Crippen LogP contribution in [-0.2, 0) is 6.54 Å². The first kappa shape index (κ1) is 19.3. The van der Waals surface area contributed by atoms with Crippen molar-refractivity contribution in [2.24, 2.45) is 0 Å². The summed E-state index contributed by atoms with van der Waals surface area (Å²) in [7, 11) is 1.65. The molecule has 3 amide bonds. The number of rotatable bonds is 4. The van der Waals surface area contributed by atoms with Crippen LogP contribution in [-0.4, -0.2) is 40.6 Å². The first-order chi connectivity index (χ1) is 14.0. The fraction of sp³-hybridized carbons (Fsp3) is 0.348. The number of hydrogen-bond donors (Lipinski definition) is 0. The lowest BCUT2D eigenvalue weighted by molar-refractivity contribution is 0.0548. The van der Waals surface area contributed by atoms with Crippen LogP contribution in [0.5, 0.6) is 0 Å². The van der Waals surface area contributed by atoms with E-state index in [1.807, 2.05) is 0 Å². The lowest BCUT2D eigenvalue weighted by atomic mass is 9.94. The molecular formula is C23H23FN2O3. The van der Waals surface area contributed by atoms with E-state index in [4.69, 9.17) is 0 Å². The van der Waals surface area contributed by atoms with Crippen LogP contribution in [0.1, 0.15) is 68.7 Å². The Labute approximate surface area is 169 Å². The highest BCUT2D eigenvalue weighted by Crippen LogP contribution is 2.31. The van der Waals surface area contributed by atoms with Crippen molar-refractivity contribution in [2.45, 2.75) is 44.7 Å². The zero-order chi connectivity index (χ0) is 20.5. The van der Waals surface area contributed by atoms with Crippen LogP contribution < -0.4 is 0 Å². The van der Waals surface area contributed by atoms with Crippen LogP contribution in [0.2, 0.25) is 0 Å². The predicted octanol–water partition coefficient (Wildman–Crippen LogP) is 4.03. The number of halogens is 1. The molecule has 1 saturated carbocycles. The van der Waals surface area contributed by atoms with E-state index < -0.39 is 0 Å². The quantitative estimate of drug-likeness (QED) is 0.736. The van der Waals surface area contributed by atoms with Gasteiger partial charge in [-0.2, -0.15) is 0 Å². The number of benzene rings is 2. The normalized spacial score (nSPS) is 16.8. The molecule has 0 N–H and O–H groups in total. The van der Waals surface area contributed by atoms with Crippen molar-refractivity contribution < 1.29 is 18.8 Å². The third-order valence-electron chi connectivity index (χ3n) is 5.78. The Morgan fingerprint density at radius 2 is 1.66 bits per heavy atom. The highest BCUT2D eigenvalue weighted by molar-refractivity contribution is 6.22. The van der Waals surface area contributed by atoms with Crippen molar-refractivity contribution in [1.29, 1.82) is 0 Å². The minimum atomic E-state index is -0.327. The van der Waals surface area contributed by atoms with E-state index in [2.05, 4.69) is 0 Å². The molecule has 0 radical (unpaired) electrons. The first-order valence-electron chi connectivity index (χ1n) is 9.97. The molecule has 4 rings (SSSR count). The Bertz CT molecular complexity index is 965. The minimum Gasteiger partial charge on any atom is -0.337 e. The largest absolute Gasteiger partial charge is 0.337 e. The van der Waals surface area contributed by atoms with Crippen molar-refractivity contribution in [3.8, 4) is 0 Å². The van der Waals surface area contributed by atoms with Gasteiger partial charge in [-0.15, -0.1) is 0 Å². The molecule has 0 saturated heterocycles. The summed E-state index contributed by atoms with van der Waals surface area (Å²) in [6.45, 7) is 0.317. The highest BCUT2D eigenvalue weighted by atomic mass is 19.1. The molecule has 29 heavy (non-hydrogen) atoms. The molecule has 0 aromatic heterocycles. The monoisotopic (exact) mass is 394 g/mol. The minimum absolute atomic E-state index is 0.0450. The smallest absolute Gasteiger partial charge is 0.261 e. The summed E-state index contributed by atoms with van der Waals surface area (Å²) in [5.41, 5.74) is 1.85. The second kappa shape index (κ2) is 7.78. The van der Waals surface area contributed by atoms with Crippen LogP contribution in [0.25, 0.3) is 0 Å². The average molecular weight is 394 g/mol. The van der Waals surface area contributed by atoms with E-state index in [0.29, 0.717) is 23.2 Å². The Hall–Kier alpha value is -3.02. The van der Waals surface area contributed by atoms with Gasteiger partial charge in [0, 0.05) is 25.2 Å². The Kier molecular flexibility index (Phi) is 5.18. The van der Waals surface area contributed by atoms with E-state index in [1.165, 1.54) is 28.0 Å². The van der Waals surface area contributed by atoms with Gasteiger partial charge in [-0.3, -0.25) is 19.3 Å². The number of carbonyl (C=O) groups is 3. The maximum absolute atomic E-state index is 13.1. The fourth-order valence-electron chi connectivity index (χ4n) is 4.22. The predicted molar refractivity (Wildman–Crippen MR) is 106 cm³/mol. The lowest BCUT2D eigenvalue weighted by Crippen LogP contribution is -2.40. The highest BCUT2D eigenvalue weighted by Gasteiger charge is 2.40. The number of hydrogen-bond acceptors (Lipinski definition) is 3. The van der Waals surface area contributed by atoms with Gasteiger partial charge in [0.1, 0.15) is 5.82 Å². The topological polar surface area (TPSA) is 57.7 Å². The Morgan fingerprint density at radius 3 is 2.34 bits per heavy atom. The molecule has 150 valence electrons. The van der Waals surface area contributed by atoms with Crippen LogP contribution >= 0.6 is 0 Å². The van der Waals surface area contributed by atoms with E-state index in [0.717, 1.165) is 37.7 Å². The van der Waals surface area contributed by atoms with Crippen LogP contribution in [0, 0.1) is 5.82 Å². The molecule has 0 spiro atoms. The van der Waals surface area contributed by atoms with Crippen LogP contribution in [0.3, 0.4) is 0 Å². The maximum Gasteiger partial charge on any atom is 0.261 e. The number of amides is 3. The maximum atomic E-state index is 13.1. The second-order valence-corrected chi connectivity index (χ2v) is 7.82. The van der Waals surface area contributed by atoms with E-state index in [-0.39, 0.29) is 29.6 Å². The average Bonchev–Trinajstić information content (AvgIpc) is 2.99. The summed E-state index contributed by atoms with van der Waals surface area (Å²) in [6.07, 6.45) is 4.88. The molecule has 1 aliphatic carbocycles. The van der Waals surface area contributed by atoms with Gasteiger partial charge in [-0.25, -0.2) is 4.39 Å². The summed E-state index contributed by atoms with van der Waals surface area (Å²) >= 11 is 0. The van der Waals surface area contributed by atoms with Gasteiger partial charge < -0.3 is 4.90 Å². The van der Waals surface area contributed by atoms with Crippen molar-refractivity contribution in [3.63, 3.8) is 0 Å². The first-order valence-corrected chi connectivity index (χ1v) is 9.97. The lowest BCUT2D eigenvalue weighted by Gasteiger charge is -2.29. The van der Waals surface area contributed by atoms with Gasteiger partial charge in [0.15, 0.2) is 0 Å². The Morgan fingerprint density at radius 1 is 1.00 bits per heavy atom. The molecule has 2 aliphatic rings. The zero-order valence-corrected chi connectivity index (χ0v) is 16.4. The summed E-state index contributed by atoms with van der Waals surface area (Å²) in [4.78, 5) is 41.4. The van der Waals surface area contributed by atoms with Crippen molar-refractivity contribution >= 4 is 17.7 Å². The van der Waals surface area contributed by atoms with Gasteiger partial charge in [0.2, 0.25) is 0 Å². The molecule has 6 heteroatoms. The molecule has 5 nitrogen and oxygen atoms in total. The van der Waals surface area contributed by atoms with Crippen molar-refractivity contribution in [2.75, 3.05) is 7.05 Å². The van der Waals surface area contributed by atoms with E-state index >= 15 is 0 Å². The van der Waals surface area contributed by atoms with Crippen molar-refractivity contribution in [1.82, 2.24) is 9.80 Å². The summed E-state index contributed by atoms with van der Waals surface area (Å²) in [6, 6.07) is 10.6. The summed E-state index contributed by atoms with van der Waals surface area (Å²) < 4.78 is 13.1. The molecule has 2 aromatic carbocycles. The number of fused-ring (bicyclic) bond motifs is 1. The third-order valence-corrected chi connectivity index (χ3v) is 5.78. The standard InChI is InChI=1S/C23H23FN2O3/c1-25(14-15-7-10-17(24)11-8-15)21(27)16-9-12-19-20(13-16)23(29)26(22(19)28)18-5-3-2-4-6-18/h7-13,18H,2-6,14H2,1H3. The summed E-state index contributed by atoms with van der Waals surface area (Å²) in [5, 5.41) is 0. The molecular weight excluding hydrogens is 371 g/mol. The van der Waals surface area contributed by atoms with Crippen LogP contribution in [0.4, 0.5) is 4.39 Å². The molecule has 1 aliphatic heterocycles. The second-order valence-electron chi connectivity index (χ2n) is 7.82. The van der Waals surface area contributed by atoms with E-state index in [9.17, 15) is 18.8 Å². The SMILES string of the molecule is CN(Cc1ccc(F)cc1)C(=O)c1ccc2c(c1)C(=O)N(C1CCCCC1)C2=O. The molecule has 0 bridgehead atoms. The third kappa shape index (κ3) is 3.67. The number of nitrogens with zero attached hydrogens (tertiary/aromatic N) is 2. The van der Waals surface area contributed by atoms with Crippen LogP contribution in [0.15, 0.2) is 42.5 Å². The number of carbonyl (C=O) groups excluding carboxylic acids is 3. The fourth-order valence-corrected chi connectivity index (χ4v) is 4.22. The van der Waals surface area contributed by atoms with Gasteiger partial charge in [0.05, 0.1) is 11.1 Å². The molecule has 0 atom stereocenters. The number of imide groups is 1. The summed E-state index contributed by atoms with van der Waals surface area (Å²) in [5.74, 6) is -1.14. The zero-order valence-electron chi connectivity index (χ0n) is 16.4. The Balaban J connectivity index is 1.53. The van der Waals surface area contributed by atoms with Gasteiger partial charge in [-0.05, 0) is 48.7 Å². The van der Waals surface area contributed by atoms with Gasteiger partial charge in [-0.1, -0.05) is 31.4 Å². The molecule has 2 aromatic rings. The van der Waals surface area contributed by atoms with Gasteiger partial charge >= 0.3 is 0 Å². The van der Waals surface area contributed by atoms with Gasteiger partial charge in [0.25, 0.3) is 17.7 Å². The van der Waals surface area contributed by atoms with Crippen molar-refractivity contribution in [3.05, 3.63) is 70.5 Å². The molecule has 0 unspecified atom stereocenters. The molecule has 1 fully saturated rings. The van der Waals surface area contributed by atoms with E-state index in [1.54, 1.807) is 31.3 Å².